The van der Waals surface area contributed by atoms with Gasteiger partial charge in [-0.1, -0.05) is 42.5 Å². The van der Waals surface area contributed by atoms with Crippen molar-refractivity contribution >= 4 is 22.4 Å². The Bertz CT molecular complexity index is 1080. The molecule has 1 heterocycles. The van der Waals surface area contributed by atoms with Gasteiger partial charge in [-0.25, -0.2) is 13.6 Å². The van der Waals surface area contributed by atoms with Crippen LogP contribution in [-0.2, 0) is 4.74 Å². The number of benzene rings is 3. The van der Waals surface area contributed by atoms with Crippen LogP contribution in [0.4, 0.5) is 14.5 Å². The zero-order chi connectivity index (χ0) is 22.0. The number of anilines is 1. The summed E-state index contributed by atoms with van der Waals surface area (Å²) in [6, 6.07) is 16.2. The first-order chi connectivity index (χ1) is 14.9. The maximum Gasteiger partial charge on any atom is 0.335 e. The van der Waals surface area contributed by atoms with Gasteiger partial charge >= 0.3 is 5.97 Å². The Balaban J connectivity index is 1.44. The van der Waals surface area contributed by atoms with Crippen molar-refractivity contribution < 1.29 is 23.4 Å². The summed E-state index contributed by atoms with van der Waals surface area (Å²) in [4.78, 5) is 12.6. The highest BCUT2D eigenvalue weighted by atomic mass is 19.1. The van der Waals surface area contributed by atoms with Gasteiger partial charge in [-0.05, 0) is 35.4 Å². The minimum absolute atomic E-state index is 0.0633. The Morgan fingerprint density at radius 2 is 1.90 bits per heavy atom. The maximum absolute atomic E-state index is 14.5. The van der Waals surface area contributed by atoms with Crippen LogP contribution in [0, 0.1) is 11.6 Å². The summed E-state index contributed by atoms with van der Waals surface area (Å²) in [6.07, 6.45) is -0.260. The molecule has 162 valence electrons. The lowest BCUT2D eigenvalue weighted by Crippen LogP contribution is -2.47. The van der Waals surface area contributed by atoms with E-state index < -0.39 is 23.2 Å². The number of nitrogens with one attached hydrogen (secondary N) is 1. The number of aromatic carboxylic acids is 1. The van der Waals surface area contributed by atoms with E-state index in [1.807, 2.05) is 18.2 Å². The fourth-order valence-electron chi connectivity index (χ4n) is 4.08. The number of carboxylic acid groups (broad SMARTS) is 1. The van der Waals surface area contributed by atoms with Gasteiger partial charge in [-0.2, -0.15) is 0 Å². The topological polar surface area (TPSA) is 61.8 Å². The minimum atomic E-state index is -1.36. The lowest BCUT2D eigenvalue weighted by atomic mass is 9.99. The molecule has 0 aromatic heterocycles. The number of carbonyl (C=O) groups is 1. The van der Waals surface area contributed by atoms with E-state index in [1.165, 1.54) is 16.3 Å². The van der Waals surface area contributed by atoms with Crippen molar-refractivity contribution in [3.8, 4) is 0 Å². The molecule has 2 N–H and O–H groups in total. The molecule has 3 aromatic carbocycles. The molecule has 0 spiro atoms. The first-order valence-corrected chi connectivity index (χ1v) is 10.2. The van der Waals surface area contributed by atoms with Crippen molar-refractivity contribution in [1.82, 2.24) is 5.32 Å². The monoisotopic (exact) mass is 426 g/mol. The summed E-state index contributed by atoms with van der Waals surface area (Å²) in [5.41, 5.74) is 0.557. The van der Waals surface area contributed by atoms with Gasteiger partial charge in [0.25, 0.3) is 0 Å². The third kappa shape index (κ3) is 4.52. The van der Waals surface area contributed by atoms with Crippen molar-refractivity contribution in [2.75, 3.05) is 31.1 Å². The zero-order valence-electron chi connectivity index (χ0n) is 17.1. The van der Waals surface area contributed by atoms with Crippen LogP contribution in [-0.4, -0.2) is 43.4 Å². The van der Waals surface area contributed by atoms with E-state index in [1.54, 1.807) is 4.90 Å². The van der Waals surface area contributed by atoms with Crippen LogP contribution in [0.15, 0.2) is 54.6 Å². The predicted molar refractivity (Wildman–Crippen MR) is 116 cm³/mol. The van der Waals surface area contributed by atoms with Gasteiger partial charge in [0.15, 0.2) is 0 Å². The van der Waals surface area contributed by atoms with Crippen LogP contribution in [0.2, 0.25) is 0 Å². The number of rotatable bonds is 6. The molecule has 0 saturated carbocycles. The van der Waals surface area contributed by atoms with Crippen LogP contribution in [0.1, 0.15) is 28.9 Å². The van der Waals surface area contributed by atoms with E-state index in [0.29, 0.717) is 26.2 Å². The lowest BCUT2D eigenvalue weighted by Gasteiger charge is -2.35. The van der Waals surface area contributed by atoms with Crippen LogP contribution in [0.5, 0.6) is 0 Å². The van der Waals surface area contributed by atoms with Crippen molar-refractivity contribution in [1.29, 1.82) is 0 Å². The zero-order valence-corrected chi connectivity index (χ0v) is 17.1. The average Bonchev–Trinajstić information content (AvgIpc) is 2.77. The molecule has 1 fully saturated rings. The number of hydrogen-bond acceptors (Lipinski definition) is 4. The highest BCUT2D eigenvalue weighted by molar-refractivity contribution is 5.88. The second-order valence-electron chi connectivity index (χ2n) is 7.73. The second kappa shape index (κ2) is 8.99. The van der Waals surface area contributed by atoms with Gasteiger partial charge in [0.2, 0.25) is 0 Å². The average molecular weight is 426 g/mol. The number of carboxylic acids is 1. The van der Waals surface area contributed by atoms with Crippen LogP contribution in [0.25, 0.3) is 10.8 Å². The van der Waals surface area contributed by atoms with Gasteiger partial charge in [-0.15, -0.1) is 0 Å². The molecule has 0 amide bonds. The molecule has 0 radical (unpaired) electrons. The maximum atomic E-state index is 14.5. The van der Waals surface area contributed by atoms with E-state index in [0.717, 1.165) is 12.1 Å². The number of halogens is 2. The number of hydrogen-bond donors (Lipinski definition) is 2. The van der Waals surface area contributed by atoms with Crippen LogP contribution >= 0.6 is 0 Å². The second-order valence-corrected chi connectivity index (χ2v) is 7.73. The number of ether oxygens (including phenoxy) is 1. The summed E-state index contributed by atoms with van der Waals surface area (Å²) in [5, 5.41) is 14.8. The molecule has 3 aromatic rings. The number of fused-ring (bicyclic) bond motifs is 1. The molecule has 1 aliphatic rings. The summed E-state index contributed by atoms with van der Waals surface area (Å²) in [7, 11) is 0. The Morgan fingerprint density at radius 1 is 1.19 bits per heavy atom. The van der Waals surface area contributed by atoms with E-state index in [9.17, 15) is 13.6 Å². The van der Waals surface area contributed by atoms with Gasteiger partial charge in [0, 0.05) is 25.7 Å². The fourth-order valence-corrected chi connectivity index (χ4v) is 4.08. The van der Waals surface area contributed by atoms with Gasteiger partial charge in [-0.3, -0.25) is 0 Å². The predicted octanol–water partition coefficient (Wildman–Crippen LogP) is 4.37. The van der Waals surface area contributed by atoms with Crippen molar-refractivity contribution in [2.45, 2.75) is 19.1 Å². The molecule has 4 rings (SSSR count). The highest BCUT2D eigenvalue weighted by Crippen LogP contribution is 2.28. The molecule has 31 heavy (non-hydrogen) atoms. The minimum Gasteiger partial charge on any atom is -0.478 e. The van der Waals surface area contributed by atoms with Crippen LogP contribution in [0.3, 0.4) is 0 Å². The molecule has 0 bridgehead atoms. The largest absolute Gasteiger partial charge is 0.478 e. The number of morpholine rings is 1. The SMILES string of the molecule is CC(NCC1CN(c2c(F)cc(C(=O)O)cc2F)CCO1)c1cccc2ccccc12. The van der Waals surface area contributed by atoms with Crippen LogP contribution < -0.4 is 10.2 Å². The van der Waals surface area contributed by atoms with E-state index in [-0.39, 0.29) is 17.8 Å². The van der Waals surface area contributed by atoms with Gasteiger partial charge < -0.3 is 20.1 Å². The quantitative estimate of drug-likeness (QED) is 0.613. The molecule has 1 aliphatic heterocycles. The smallest absolute Gasteiger partial charge is 0.335 e. The molecule has 1 saturated heterocycles. The van der Waals surface area contributed by atoms with Crippen molar-refractivity contribution in [3.63, 3.8) is 0 Å². The fraction of sp³-hybridized carbons (Fsp3) is 0.292. The first-order valence-electron chi connectivity index (χ1n) is 10.2. The molecular weight excluding hydrogens is 402 g/mol. The van der Waals surface area contributed by atoms with Gasteiger partial charge in [0.05, 0.1) is 18.3 Å². The summed E-state index contributed by atoms with van der Waals surface area (Å²) in [6.45, 7) is 3.55. The Kier molecular flexibility index (Phi) is 6.15. The lowest BCUT2D eigenvalue weighted by molar-refractivity contribution is 0.0390. The Hall–Kier alpha value is -3.03. The molecule has 7 heteroatoms. The molecule has 5 nitrogen and oxygen atoms in total. The third-order valence-corrected chi connectivity index (χ3v) is 5.66. The molecular formula is C24H24F2N2O3. The van der Waals surface area contributed by atoms with Crippen molar-refractivity contribution in [2.24, 2.45) is 0 Å². The Labute approximate surface area is 179 Å². The number of nitrogens with zero attached hydrogens (tertiary/aromatic N) is 1. The summed E-state index contributed by atoms with van der Waals surface area (Å²) in [5.74, 6) is -3.12. The standard InChI is InChI=1S/C24H24F2N2O3/c1-15(19-8-4-6-16-5-2-3-7-20(16)19)27-13-18-14-28(9-10-31-18)23-21(25)11-17(24(29)30)12-22(23)26/h2-8,11-12,15,18,27H,9-10,13-14H2,1H3,(H,29,30). The highest BCUT2D eigenvalue weighted by Gasteiger charge is 2.26. The summed E-state index contributed by atoms with van der Waals surface area (Å²) >= 11 is 0. The van der Waals surface area contributed by atoms with E-state index >= 15 is 0 Å². The molecule has 0 aliphatic carbocycles. The Morgan fingerprint density at radius 3 is 2.65 bits per heavy atom. The first kappa shape index (κ1) is 21.2. The molecule has 2 atom stereocenters. The van der Waals surface area contributed by atoms with E-state index in [4.69, 9.17) is 9.84 Å². The summed E-state index contributed by atoms with van der Waals surface area (Å²) < 4.78 is 34.7. The third-order valence-electron chi connectivity index (χ3n) is 5.66. The molecule has 2 unspecified atom stereocenters. The van der Waals surface area contributed by atoms with Crippen molar-refractivity contribution in [3.05, 3.63) is 77.4 Å². The van der Waals surface area contributed by atoms with E-state index in [2.05, 4.69) is 36.5 Å². The normalized spacial score (nSPS) is 17.6. The van der Waals surface area contributed by atoms with Gasteiger partial charge in [0.1, 0.15) is 17.3 Å².